The molecule has 1 aromatic carbocycles. The van der Waals surface area contributed by atoms with Crippen LogP contribution in [0, 0.1) is 11.3 Å². The molecule has 0 radical (unpaired) electrons. The number of hydrogen-bond donors (Lipinski definition) is 1. The molecule has 0 unspecified atom stereocenters. The molecule has 29 heavy (non-hydrogen) atoms. The lowest BCUT2D eigenvalue weighted by Crippen LogP contribution is -2.24. The van der Waals surface area contributed by atoms with Crippen molar-refractivity contribution in [1.29, 1.82) is 5.26 Å². The number of H-pyrrole nitrogens is 1. The van der Waals surface area contributed by atoms with Crippen LogP contribution in [-0.4, -0.2) is 29.5 Å². The fraction of sp³-hybridized carbons (Fsp3) is 0.150. The second-order valence-electron chi connectivity index (χ2n) is 6.76. The maximum Gasteiger partial charge on any atom is 0.291 e. The van der Waals surface area contributed by atoms with Crippen LogP contribution in [0.3, 0.4) is 0 Å². The molecule has 0 saturated heterocycles. The van der Waals surface area contributed by atoms with Gasteiger partial charge in [-0.25, -0.2) is 9.67 Å². The first-order chi connectivity index (χ1) is 14.1. The van der Waals surface area contributed by atoms with Crippen molar-refractivity contribution < 1.29 is 0 Å². The lowest BCUT2D eigenvalue weighted by Gasteiger charge is -2.06. The lowest BCUT2D eigenvalue weighted by atomic mass is 10.1. The van der Waals surface area contributed by atoms with E-state index in [9.17, 15) is 4.79 Å². The van der Waals surface area contributed by atoms with Crippen LogP contribution in [-0.2, 0) is 20.0 Å². The van der Waals surface area contributed by atoms with Gasteiger partial charge in [0.15, 0.2) is 5.65 Å². The van der Waals surface area contributed by atoms with Gasteiger partial charge in [0.05, 0.1) is 29.1 Å². The molecular weight excluding hydrogens is 386 g/mol. The summed E-state index contributed by atoms with van der Waals surface area (Å²) in [5, 5.41) is 22.1. The number of nitriles is 1. The highest BCUT2D eigenvalue weighted by Gasteiger charge is 2.18. The van der Waals surface area contributed by atoms with Crippen molar-refractivity contribution in [2.24, 2.45) is 7.05 Å². The third-order valence-electron chi connectivity index (χ3n) is 4.86. The Balaban J connectivity index is 1.57. The zero-order valence-electron chi connectivity index (χ0n) is 15.5. The summed E-state index contributed by atoms with van der Waals surface area (Å²) < 4.78 is 4.22. The topological polar surface area (TPSA) is 105 Å². The summed E-state index contributed by atoms with van der Waals surface area (Å²) >= 11 is 1.57. The van der Waals surface area contributed by atoms with Crippen molar-refractivity contribution in [1.82, 2.24) is 29.5 Å². The van der Waals surface area contributed by atoms with Crippen LogP contribution in [0.4, 0.5) is 0 Å². The van der Waals surface area contributed by atoms with Gasteiger partial charge in [-0.3, -0.25) is 9.89 Å². The summed E-state index contributed by atoms with van der Waals surface area (Å²) in [5.74, 6) is 0. The molecule has 0 saturated carbocycles. The highest BCUT2D eigenvalue weighted by Crippen LogP contribution is 2.31. The van der Waals surface area contributed by atoms with Crippen molar-refractivity contribution in [2.75, 3.05) is 0 Å². The number of aromatic nitrogens is 6. The molecule has 8 nitrogen and oxygen atoms in total. The normalized spacial score (nSPS) is 11.3. The largest absolute Gasteiger partial charge is 0.323 e. The molecular formula is C20H15N7OS. The number of thiazole rings is 1. The second-order valence-corrected chi connectivity index (χ2v) is 7.84. The van der Waals surface area contributed by atoms with Gasteiger partial charge in [0, 0.05) is 30.7 Å². The molecule has 0 aliphatic heterocycles. The van der Waals surface area contributed by atoms with Crippen LogP contribution in [0.2, 0.25) is 0 Å². The standard InChI is InChI=1S/C20H15N7OS/c1-26-17-15(18-19(26)24-16(29-18)8-14-5-6-22-25-14)10-23-27(20(17)28)11-13-4-2-3-12(7-13)9-21/h2-7,10H,8,11H2,1H3,(H,22,25). The molecule has 0 aliphatic carbocycles. The van der Waals surface area contributed by atoms with Gasteiger partial charge in [0.1, 0.15) is 10.5 Å². The van der Waals surface area contributed by atoms with E-state index in [0.29, 0.717) is 24.0 Å². The van der Waals surface area contributed by atoms with E-state index in [1.165, 1.54) is 4.68 Å². The van der Waals surface area contributed by atoms with Gasteiger partial charge < -0.3 is 4.57 Å². The Labute approximate surface area is 168 Å². The van der Waals surface area contributed by atoms with Gasteiger partial charge >= 0.3 is 0 Å². The van der Waals surface area contributed by atoms with Crippen LogP contribution in [0.5, 0.6) is 0 Å². The predicted molar refractivity (Wildman–Crippen MR) is 110 cm³/mol. The Morgan fingerprint density at radius 1 is 1.31 bits per heavy atom. The third-order valence-corrected chi connectivity index (χ3v) is 5.94. The van der Waals surface area contributed by atoms with Gasteiger partial charge in [-0.15, -0.1) is 11.3 Å². The fourth-order valence-electron chi connectivity index (χ4n) is 3.48. The fourth-order valence-corrected chi connectivity index (χ4v) is 4.61. The average molecular weight is 401 g/mol. The first kappa shape index (κ1) is 17.3. The highest BCUT2D eigenvalue weighted by molar-refractivity contribution is 7.19. The summed E-state index contributed by atoms with van der Waals surface area (Å²) in [7, 11) is 1.85. The SMILES string of the molecule is Cn1c2nc(Cc3ccn[nH]3)sc2c2cnn(Cc3cccc(C#N)c3)c(=O)c21. The minimum atomic E-state index is -0.173. The molecule has 142 valence electrons. The Kier molecular flexibility index (Phi) is 4.00. The quantitative estimate of drug-likeness (QED) is 0.498. The summed E-state index contributed by atoms with van der Waals surface area (Å²) in [4.78, 5) is 17.8. The van der Waals surface area contributed by atoms with Crippen LogP contribution >= 0.6 is 11.3 Å². The Bertz CT molecular complexity index is 1450. The number of nitrogens with one attached hydrogen (secondary N) is 1. The van der Waals surface area contributed by atoms with Crippen molar-refractivity contribution in [3.05, 3.63) is 74.9 Å². The lowest BCUT2D eigenvalue weighted by molar-refractivity contribution is 0.644. The van der Waals surface area contributed by atoms with E-state index in [1.54, 1.807) is 41.9 Å². The highest BCUT2D eigenvalue weighted by atomic mass is 32.1. The summed E-state index contributed by atoms with van der Waals surface area (Å²) in [6.45, 7) is 0.307. The number of aryl methyl sites for hydroxylation is 1. The van der Waals surface area contributed by atoms with Gasteiger partial charge in [-0.2, -0.15) is 15.5 Å². The number of hydrogen-bond acceptors (Lipinski definition) is 6. The number of benzene rings is 1. The Hall–Kier alpha value is -3.77. The van der Waals surface area contributed by atoms with E-state index in [1.807, 2.05) is 23.7 Å². The molecule has 0 atom stereocenters. The summed E-state index contributed by atoms with van der Waals surface area (Å²) in [6, 6.07) is 11.2. The first-order valence-electron chi connectivity index (χ1n) is 8.95. The van der Waals surface area contributed by atoms with E-state index < -0.39 is 0 Å². The minimum absolute atomic E-state index is 0.173. The predicted octanol–water partition coefficient (Wildman–Crippen LogP) is 2.58. The zero-order valence-corrected chi connectivity index (χ0v) is 16.3. The number of rotatable bonds is 4. The van der Waals surface area contributed by atoms with E-state index in [-0.39, 0.29) is 5.56 Å². The summed E-state index contributed by atoms with van der Waals surface area (Å²) in [6.07, 6.45) is 4.11. The molecule has 0 amide bonds. The number of nitrogens with zero attached hydrogens (tertiary/aromatic N) is 6. The molecule has 0 bridgehead atoms. The van der Waals surface area contributed by atoms with Crippen LogP contribution in [0.1, 0.15) is 21.8 Å². The Morgan fingerprint density at radius 2 is 2.21 bits per heavy atom. The smallest absolute Gasteiger partial charge is 0.291 e. The van der Waals surface area contributed by atoms with E-state index in [0.717, 1.165) is 32.0 Å². The van der Waals surface area contributed by atoms with Gasteiger partial charge in [-0.1, -0.05) is 12.1 Å². The zero-order chi connectivity index (χ0) is 20.0. The number of aromatic amines is 1. The maximum atomic E-state index is 13.1. The van der Waals surface area contributed by atoms with Gasteiger partial charge in [0.25, 0.3) is 5.56 Å². The molecule has 5 aromatic rings. The van der Waals surface area contributed by atoms with Crippen molar-refractivity contribution in [2.45, 2.75) is 13.0 Å². The van der Waals surface area contributed by atoms with Crippen LogP contribution in [0.25, 0.3) is 21.3 Å². The molecule has 9 heteroatoms. The molecule has 0 spiro atoms. The van der Waals surface area contributed by atoms with Gasteiger partial charge in [0.2, 0.25) is 0 Å². The molecule has 1 N–H and O–H groups in total. The average Bonchev–Trinajstić information content (AvgIpc) is 3.44. The molecule has 0 fully saturated rings. The third kappa shape index (κ3) is 2.90. The summed E-state index contributed by atoms with van der Waals surface area (Å²) in [5.41, 5.74) is 3.60. The van der Waals surface area contributed by atoms with Crippen LogP contribution < -0.4 is 5.56 Å². The minimum Gasteiger partial charge on any atom is -0.323 e. The second kappa shape index (κ2) is 6.68. The van der Waals surface area contributed by atoms with Crippen molar-refractivity contribution in [3.63, 3.8) is 0 Å². The number of fused-ring (bicyclic) bond motifs is 3. The van der Waals surface area contributed by atoms with Crippen molar-refractivity contribution in [3.8, 4) is 6.07 Å². The maximum absolute atomic E-state index is 13.1. The van der Waals surface area contributed by atoms with Crippen molar-refractivity contribution >= 4 is 32.6 Å². The van der Waals surface area contributed by atoms with E-state index >= 15 is 0 Å². The molecule has 4 aromatic heterocycles. The molecule has 5 rings (SSSR count). The molecule has 0 aliphatic rings. The van der Waals surface area contributed by atoms with E-state index in [4.69, 9.17) is 10.2 Å². The molecule has 4 heterocycles. The van der Waals surface area contributed by atoms with E-state index in [2.05, 4.69) is 21.4 Å². The van der Waals surface area contributed by atoms with Gasteiger partial charge in [-0.05, 0) is 23.8 Å². The first-order valence-corrected chi connectivity index (χ1v) is 9.77. The Morgan fingerprint density at radius 3 is 3.00 bits per heavy atom. The monoisotopic (exact) mass is 401 g/mol. The van der Waals surface area contributed by atoms with Crippen LogP contribution in [0.15, 0.2) is 47.5 Å².